The first-order valence-corrected chi connectivity index (χ1v) is 11.7. The van der Waals surface area contributed by atoms with Crippen molar-refractivity contribution in [2.45, 2.75) is 0 Å². The second kappa shape index (κ2) is 9.47. The molecule has 0 spiro atoms. The van der Waals surface area contributed by atoms with Crippen LogP contribution in [0, 0.1) is 0 Å². The van der Waals surface area contributed by atoms with Crippen molar-refractivity contribution in [3.05, 3.63) is 114 Å². The zero-order chi connectivity index (χ0) is 25.2. The van der Waals surface area contributed by atoms with E-state index in [-0.39, 0.29) is 11.5 Å². The van der Waals surface area contributed by atoms with E-state index >= 15 is 0 Å². The lowest BCUT2D eigenvalue weighted by Gasteiger charge is -2.08. The summed E-state index contributed by atoms with van der Waals surface area (Å²) in [6.45, 7) is 0. The molecule has 6 aromatic rings. The van der Waals surface area contributed by atoms with Gasteiger partial charge < -0.3 is 19.5 Å². The van der Waals surface area contributed by atoms with E-state index in [2.05, 4.69) is 20.3 Å². The lowest BCUT2D eigenvalue weighted by atomic mass is 10.1. The smallest absolute Gasteiger partial charge is 0.261 e. The molecule has 2 N–H and O–H groups in total. The van der Waals surface area contributed by atoms with Gasteiger partial charge in [0.2, 0.25) is 5.55 Å². The molecule has 6 rings (SSSR count). The average molecular weight is 487 g/mol. The predicted molar refractivity (Wildman–Crippen MR) is 144 cm³/mol. The maximum absolute atomic E-state index is 13.4. The molecular formula is C30H22N4O3. The van der Waals surface area contributed by atoms with Crippen molar-refractivity contribution >= 4 is 39.3 Å². The van der Waals surface area contributed by atoms with Crippen molar-refractivity contribution in [2.24, 2.45) is 4.99 Å². The number of aromatic amines is 1. The van der Waals surface area contributed by atoms with Crippen LogP contribution in [0.1, 0.15) is 10.4 Å². The SMILES string of the molecule is COc1ccc(N=c2oc3ccccc3cc2C(=O)Nc2ccc(-c3nc4ccccc4[nH]3)cc2)cc1. The minimum atomic E-state index is -0.321. The molecular weight excluding hydrogens is 464 g/mol. The first-order chi connectivity index (χ1) is 18.2. The number of H-pyrrole nitrogens is 1. The van der Waals surface area contributed by atoms with E-state index in [1.807, 2.05) is 97.1 Å². The van der Waals surface area contributed by atoms with Crippen molar-refractivity contribution in [1.29, 1.82) is 0 Å². The Balaban J connectivity index is 1.32. The zero-order valence-corrected chi connectivity index (χ0v) is 19.9. The summed E-state index contributed by atoms with van der Waals surface area (Å²) in [5, 5.41) is 3.77. The number of aromatic nitrogens is 2. The van der Waals surface area contributed by atoms with E-state index in [0.717, 1.165) is 33.6 Å². The summed E-state index contributed by atoms with van der Waals surface area (Å²) in [5.41, 5.74) is 5.28. The van der Waals surface area contributed by atoms with Crippen LogP contribution in [0.3, 0.4) is 0 Å². The predicted octanol–water partition coefficient (Wildman–Crippen LogP) is 6.47. The molecule has 0 radical (unpaired) electrons. The third kappa shape index (κ3) is 4.58. The van der Waals surface area contributed by atoms with Gasteiger partial charge in [0.1, 0.15) is 22.7 Å². The first-order valence-electron chi connectivity index (χ1n) is 11.7. The number of hydrogen-bond acceptors (Lipinski definition) is 5. The van der Waals surface area contributed by atoms with Gasteiger partial charge in [0, 0.05) is 16.6 Å². The number of amides is 1. The Bertz CT molecular complexity index is 1770. The van der Waals surface area contributed by atoms with Gasteiger partial charge >= 0.3 is 0 Å². The van der Waals surface area contributed by atoms with Gasteiger partial charge in [0.15, 0.2) is 0 Å². The van der Waals surface area contributed by atoms with Gasteiger partial charge in [-0.15, -0.1) is 0 Å². The maximum Gasteiger partial charge on any atom is 0.261 e. The Kier molecular flexibility index (Phi) is 5.71. The molecule has 0 saturated carbocycles. The highest BCUT2D eigenvalue weighted by Gasteiger charge is 2.14. The highest BCUT2D eigenvalue weighted by Crippen LogP contribution is 2.23. The number of imidazole rings is 1. The van der Waals surface area contributed by atoms with E-state index in [1.54, 1.807) is 13.2 Å². The molecule has 0 atom stereocenters. The van der Waals surface area contributed by atoms with Gasteiger partial charge in [-0.05, 0) is 72.8 Å². The molecule has 180 valence electrons. The van der Waals surface area contributed by atoms with Crippen LogP contribution in [-0.4, -0.2) is 23.0 Å². The number of hydrogen-bond donors (Lipinski definition) is 2. The molecule has 0 aliphatic heterocycles. The summed E-state index contributed by atoms with van der Waals surface area (Å²) in [6, 6.07) is 32.0. The van der Waals surface area contributed by atoms with E-state index in [9.17, 15) is 4.79 Å². The molecule has 2 aromatic heterocycles. The van der Waals surface area contributed by atoms with Crippen molar-refractivity contribution in [2.75, 3.05) is 12.4 Å². The Labute approximate surface area is 212 Å². The van der Waals surface area contributed by atoms with Crippen LogP contribution in [0.4, 0.5) is 11.4 Å². The third-order valence-electron chi connectivity index (χ3n) is 6.01. The quantitative estimate of drug-likeness (QED) is 0.292. The van der Waals surface area contributed by atoms with Gasteiger partial charge in [-0.1, -0.05) is 30.3 Å². The fourth-order valence-electron chi connectivity index (χ4n) is 4.09. The molecule has 4 aromatic carbocycles. The number of ether oxygens (including phenoxy) is 1. The molecule has 2 heterocycles. The number of benzene rings is 4. The molecule has 0 fully saturated rings. The molecule has 1 amide bonds. The Morgan fingerprint density at radius 2 is 1.68 bits per heavy atom. The molecule has 7 nitrogen and oxygen atoms in total. The van der Waals surface area contributed by atoms with Gasteiger partial charge in [-0.3, -0.25) is 4.79 Å². The van der Waals surface area contributed by atoms with Crippen LogP contribution in [0.25, 0.3) is 33.4 Å². The second-order valence-electron chi connectivity index (χ2n) is 8.45. The zero-order valence-electron chi connectivity index (χ0n) is 19.9. The van der Waals surface area contributed by atoms with E-state index in [0.29, 0.717) is 22.5 Å². The van der Waals surface area contributed by atoms with Crippen LogP contribution in [0.2, 0.25) is 0 Å². The second-order valence-corrected chi connectivity index (χ2v) is 8.45. The van der Waals surface area contributed by atoms with Gasteiger partial charge in [0.05, 0.1) is 23.8 Å². The summed E-state index contributed by atoms with van der Waals surface area (Å²) >= 11 is 0. The van der Waals surface area contributed by atoms with Crippen LogP contribution in [0.15, 0.2) is 113 Å². The fraction of sp³-hybridized carbons (Fsp3) is 0.0333. The number of anilines is 1. The van der Waals surface area contributed by atoms with Crippen molar-refractivity contribution in [3.63, 3.8) is 0 Å². The standard InChI is InChI=1S/C30H22N4O3/c1-36-23-16-14-22(15-17-23)32-30-24(18-20-6-2-5-9-27(20)37-30)29(35)31-21-12-10-19(11-13-21)28-33-25-7-3-4-8-26(25)34-28/h2-18H,1H3,(H,31,35)(H,33,34). The van der Waals surface area contributed by atoms with E-state index in [4.69, 9.17) is 9.15 Å². The Morgan fingerprint density at radius 3 is 2.46 bits per heavy atom. The summed E-state index contributed by atoms with van der Waals surface area (Å²) in [6.07, 6.45) is 0. The Hall–Kier alpha value is -5.17. The minimum absolute atomic E-state index is 0.222. The number of fused-ring (bicyclic) bond motifs is 2. The topological polar surface area (TPSA) is 92.5 Å². The molecule has 0 aliphatic carbocycles. The van der Waals surface area contributed by atoms with Crippen LogP contribution in [0.5, 0.6) is 5.75 Å². The average Bonchev–Trinajstić information content (AvgIpc) is 3.38. The van der Waals surface area contributed by atoms with Crippen LogP contribution < -0.4 is 15.6 Å². The summed E-state index contributed by atoms with van der Waals surface area (Å²) in [5.74, 6) is 1.17. The van der Waals surface area contributed by atoms with Crippen LogP contribution in [-0.2, 0) is 0 Å². The number of nitrogens with one attached hydrogen (secondary N) is 2. The molecule has 0 aliphatic rings. The van der Waals surface area contributed by atoms with Crippen LogP contribution >= 0.6 is 0 Å². The summed E-state index contributed by atoms with van der Waals surface area (Å²) in [4.78, 5) is 25.9. The number of methoxy groups -OCH3 is 1. The summed E-state index contributed by atoms with van der Waals surface area (Å²) in [7, 11) is 1.61. The normalized spacial score (nSPS) is 11.6. The van der Waals surface area contributed by atoms with E-state index < -0.39 is 0 Å². The highest BCUT2D eigenvalue weighted by molar-refractivity contribution is 6.05. The fourth-order valence-corrected chi connectivity index (χ4v) is 4.09. The van der Waals surface area contributed by atoms with Crippen molar-refractivity contribution < 1.29 is 13.9 Å². The lowest BCUT2D eigenvalue weighted by Crippen LogP contribution is -2.21. The number of rotatable bonds is 5. The molecule has 0 saturated heterocycles. The molecule has 37 heavy (non-hydrogen) atoms. The van der Waals surface area contributed by atoms with Crippen molar-refractivity contribution in [1.82, 2.24) is 9.97 Å². The molecule has 7 heteroatoms. The van der Waals surface area contributed by atoms with Gasteiger partial charge in [0.25, 0.3) is 5.91 Å². The highest BCUT2D eigenvalue weighted by atomic mass is 16.5. The third-order valence-corrected chi connectivity index (χ3v) is 6.01. The lowest BCUT2D eigenvalue weighted by molar-refractivity contribution is 0.102. The molecule has 0 bridgehead atoms. The van der Waals surface area contributed by atoms with Gasteiger partial charge in [-0.2, -0.15) is 0 Å². The minimum Gasteiger partial charge on any atom is -0.497 e. The van der Waals surface area contributed by atoms with E-state index in [1.165, 1.54) is 0 Å². The monoisotopic (exact) mass is 486 g/mol. The number of nitrogens with zero attached hydrogens (tertiary/aromatic N) is 2. The number of carbonyl (C=O) groups excluding carboxylic acids is 1. The maximum atomic E-state index is 13.4. The van der Waals surface area contributed by atoms with Crippen molar-refractivity contribution in [3.8, 4) is 17.1 Å². The number of carbonyl (C=O) groups is 1. The number of para-hydroxylation sites is 3. The summed E-state index contributed by atoms with van der Waals surface area (Å²) < 4.78 is 11.3. The largest absolute Gasteiger partial charge is 0.497 e. The van der Waals surface area contributed by atoms with Gasteiger partial charge in [-0.25, -0.2) is 9.98 Å². The molecule has 0 unspecified atom stereocenters. The Morgan fingerprint density at radius 1 is 0.919 bits per heavy atom. The first kappa shape index (κ1) is 22.3.